The fourth-order valence-corrected chi connectivity index (χ4v) is 17.6. The van der Waals surface area contributed by atoms with E-state index in [-0.39, 0.29) is 86.5 Å². The number of hydrogen-bond donors (Lipinski definition) is 5. The number of benzene rings is 2. The number of nitrogens with zero attached hydrogens (tertiary/aromatic N) is 4. The van der Waals surface area contributed by atoms with Gasteiger partial charge in [0.25, 0.3) is 0 Å². The van der Waals surface area contributed by atoms with E-state index in [1.807, 2.05) is 128 Å². The zero-order chi connectivity index (χ0) is 83.8. The zero-order valence-electron chi connectivity index (χ0n) is 68.3. The van der Waals surface area contributed by atoms with E-state index in [0.29, 0.717) is 70.8 Å². The number of aryl methyl sites for hydroxylation is 2. The molecule has 7 amide bonds. The summed E-state index contributed by atoms with van der Waals surface area (Å²) in [5.74, 6) is -3.29. The average molecular weight is 1790 g/mol. The first-order valence-electron chi connectivity index (χ1n) is 38.0. The monoisotopic (exact) mass is 1780 g/mol. The van der Waals surface area contributed by atoms with Crippen LogP contribution in [0.4, 0.5) is 21.0 Å². The maximum Gasteiger partial charge on any atom is 0.409 e. The van der Waals surface area contributed by atoms with Crippen LogP contribution >= 0.6 is 79.1 Å². The number of likely N-dealkylation sites (N-methyl/N-ethyl adjacent to an activating group) is 2. The third-order valence-electron chi connectivity index (χ3n) is 22.1. The average Bonchev–Trinajstić information content (AvgIpc) is 1.58. The number of Topliss-reactive ketones (excluding diaryl/α,β-unsaturated/α-hetero) is 1. The summed E-state index contributed by atoms with van der Waals surface area (Å²) in [4.78, 5) is 138. The van der Waals surface area contributed by atoms with E-state index in [4.69, 9.17) is 51.6 Å². The van der Waals surface area contributed by atoms with Crippen molar-refractivity contribution < 1.29 is 86.6 Å². The number of rotatable bonds is 20. The standard InChI is InChI=1S/C41H59ClN4O9S2.C39H54ClN3O9S.CH3I.CH4/c1-23-12-11-13-25(3)41(52)22-31(53-39(51)44-41)27(5)37-40(7,55-37)32(21-35(49)46(10)30-20-29(18-23)19-24(2)36(30)42)54-38(50)28(6)45(9)34(48)16-17-56-57-26(4)14-15-33(47)43-8;1-10-28(44)21-53-15-14-32(45)42(8)26(6)36(47)51-31-19-33(46)43(9)29-18-27(17-23(3)34(29)40)16-22(2)12-11-13-24(4)39(49)20-30(50-37(48)41-39)25(5)35-38(31,7)52-35;1-2;/h11-13,19-20,25-28,31-32,37,52H,14-18,21-22H2,1-10H3,(H,43,47)(H,44,51);11-13,17-18,24-26,30-31,35,49H,10,14-16,19-21H2,1-9H3,(H,41,48);1H3;1H4/b13-11+,23-12+;13-11+,22-12+;;/t25-,26?,27-,28+,31?,32+,37+,40+,41+;24-,25-,26+,30?,31+,35+,38+,39+;;/m11../s1. The Morgan fingerprint density at radius 2 is 1.07 bits per heavy atom. The van der Waals surface area contributed by atoms with E-state index in [2.05, 4.69) is 38.5 Å². The molecule has 8 bridgehead atoms. The van der Waals surface area contributed by atoms with Gasteiger partial charge in [0.15, 0.2) is 0 Å². The van der Waals surface area contributed by atoms with Gasteiger partial charge in [-0.2, -0.15) is 11.8 Å². The van der Waals surface area contributed by atoms with Gasteiger partial charge >= 0.3 is 24.1 Å². The second-order valence-corrected chi connectivity index (χ2v) is 35.5. The number of thioether (sulfide) groups is 1. The molecule has 6 aliphatic rings. The molecule has 3 unspecified atom stereocenters. The highest BCUT2D eigenvalue weighted by molar-refractivity contribution is 14.1. The SMILES string of the molecule is C.CCC(=O)CSCCC(=O)N(C)[C@@H](C)C(=O)O[C@H]1CC(=O)N(C)c2cc(cc(C)c2Cl)C/C(C)=C/C=C/[C@@H](C)[C@@]2(O)CC(OC(=O)N2)[C@@H](C)[C@@H]2O[C@@]12C.CI.CNC(=O)CCC(C)SSCCC(=O)N(C)[C@@H](C)C(=O)O[C@H]1CC(=O)N(C)c2cc(cc(C)c2Cl)C/C(C)=C/C=C/[C@@H](C)[C@@]2(O)CC(OC(=O)N2)[C@@H](C)[C@@H]2O[C@@]12C. The number of hydrogen-bond acceptors (Lipinski definition) is 21. The van der Waals surface area contributed by atoms with E-state index >= 15 is 0 Å². The van der Waals surface area contributed by atoms with E-state index in [1.54, 1.807) is 73.6 Å². The molecule has 6 aliphatic heterocycles. The lowest BCUT2D eigenvalue weighted by molar-refractivity contribution is -0.162. The molecule has 4 saturated heterocycles. The molecular weight excluding hydrogens is 1660 g/mol. The van der Waals surface area contributed by atoms with Crippen LogP contribution in [0.2, 0.25) is 10.0 Å². The second-order valence-electron chi connectivity index (χ2n) is 30.7. The van der Waals surface area contributed by atoms with Crippen LogP contribution in [-0.2, 0) is 79.6 Å². The maximum atomic E-state index is 14.2. The third-order valence-corrected chi connectivity index (χ3v) is 27.1. The molecule has 4 fully saturated rings. The van der Waals surface area contributed by atoms with Gasteiger partial charge in [0.2, 0.25) is 29.5 Å². The summed E-state index contributed by atoms with van der Waals surface area (Å²) in [6.07, 6.45) is 7.38. The van der Waals surface area contributed by atoms with Crippen LogP contribution in [0.3, 0.4) is 0 Å². The molecule has 25 nitrogen and oxygen atoms in total. The molecule has 17 atom stereocenters. The van der Waals surface area contributed by atoms with E-state index in [0.717, 1.165) is 33.4 Å². The molecule has 0 aromatic heterocycles. The number of anilines is 2. The summed E-state index contributed by atoms with van der Waals surface area (Å²) in [5, 5.41) is 32.2. The fraction of sp³-hybridized carbons (Fsp3) is 0.634. The van der Waals surface area contributed by atoms with Gasteiger partial charge in [0, 0.05) is 114 Å². The number of alkyl halides is 1. The maximum absolute atomic E-state index is 14.2. The lowest BCUT2D eigenvalue weighted by Crippen LogP contribution is -2.60. The molecular formula is C82H120Cl2IN7O18S3. The first-order valence-corrected chi connectivity index (χ1v) is 44.4. The number of nitrogens with one attached hydrogen (secondary N) is 3. The minimum Gasteiger partial charge on any atom is -0.457 e. The van der Waals surface area contributed by atoms with Crippen molar-refractivity contribution in [2.45, 2.75) is 252 Å². The highest BCUT2D eigenvalue weighted by atomic mass is 127. The van der Waals surface area contributed by atoms with Gasteiger partial charge in [-0.25, -0.2) is 19.2 Å². The lowest BCUT2D eigenvalue weighted by atomic mass is 9.82. The van der Waals surface area contributed by atoms with Crippen LogP contribution in [0.25, 0.3) is 0 Å². The molecule has 31 heteroatoms. The van der Waals surface area contributed by atoms with Crippen LogP contribution in [0.5, 0.6) is 0 Å². The Morgan fingerprint density at radius 1 is 0.673 bits per heavy atom. The summed E-state index contributed by atoms with van der Waals surface area (Å²) in [5.41, 5.74) is 0.917. The lowest BCUT2D eigenvalue weighted by Gasteiger charge is -2.41. The number of aliphatic hydroxyl groups is 2. The quantitative estimate of drug-likeness (QED) is 0.0156. The largest absolute Gasteiger partial charge is 0.457 e. The van der Waals surface area contributed by atoms with Crippen LogP contribution in [0, 0.1) is 37.5 Å². The van der Waals surface area contributed by atoms with E-state index in [1.165, 1.54) is 49.2 Å². The number of esters is 2. The van der Waals surface area contributed by atoms with Crippen molar-refractivity contribution in [2.75, 3.05) is 67.2 Å². The first-order chi connectivity index (χ1) is 52.5. The predicted molar refractivity (Wildman–Crippen MR) is 456 cm³/mol. The van der Waals surface area contributed by atoms with Crippen molar-refractivity contribution in [1.82, 2.24) is 25.8 Å². The predicted octanol–water partition coefficient (Wildman–Crippen LogP) is 13.3. The molecule has 113 heavy (non-hydrogen) atoms. The molecule has 2 aromatic carbocycles. The fourth-order valence-electron chi connectivity index (χ4n) is 13.9. The Morgan fingerprint density at radius 3 is 1.46 bits per heavy atom. The molecule has 5 N–H and O–H groups in total. The Hall–Kier alpha value is -5.90. The first kappa shape index (κ1) is 97.7. The van der Waals surface area contributed by atoms with Crippen LogP contribution in [-0.4, -0.2) is 213 Å². The number of ketones is 1. The molecule has 630 valence electrons. The zero-order valence-corrected chi connectivity index (χ0v) is 74.4. The Bertz CT molecular complexity index is 3890. The minimum absolute atomic E-state index is 0. The highest BCUT2D eigenvalue weighted by Gasteiger charge is 2.66. The van der Waals surface area contributed by atoms with Gasteiger partial charge < -0.3 is 63.6 Å². The number of allylic oxidation sites excluding steroid dienone is 6. The van der Waals surface area contributed by atoms with Gasteiger partial charge in [-0.1, -0.05) is 176 Å². The summed E-state index contributed by atoms with van der Waals surface area (Å²) < 4.78 is 36.1. The Kier molecular flexibility index (Phi) is 37.2. The summed E-state index contributed by atoms with van der Waals surface area (Å²) in [7, 11) is 11.1. The van der Waals surface area contributed by atoms with Gasteiger partial charge in [0.1, 0.15) is 64.9 Å². The number of ether oxygens (including phenoxy) is 6. The minimum atomic E-state index is -1.61. The smallest absolute Gasteiger partial charge is 0.409 e. The van der Waals surface area contributed by atoms with Gasteiger partial charge in [-0.15, -0.1) is 0 Å². The topological polar surface area (TPSA) is 322 Å². The highest BCUT2D eigenvalue weighted by Crippen LogP contribution is 2.51. The number of carbonyl (C=O) groups is 10. The number of carbonyl (C=O) groups excluding carboxylic acids is 10. The number of epoxide rings is 2. The van der Waals surface area contributed by atoms with Crippen molar-refractivity contribution in [3.63, 3.8) is 0 Å². The van der Waals surface area contributed by atoms with Crippen molar-refractivity contribution >= 4 is 150 Å². The van der Waals surface area contributed by atoms with Crippen LogP contribution in [0.15, 0.2) is 71.9 Å². The molecule has 6 heterocycles. The number of halogens is 3. The summed E-state index contributed by atoms with van der Waals surface area (Å²) in [6.45, 7) is 25.4. The molecule has 0 saturated carbocycles. The molecule has 8 rings (SSSR count). The second kappa shape index (κ2) is 43.0. The summed E-state index contributed by atoms with van der Waals surface area (Å²) in [6, 6.07) is 5.70. The van der Waals surface area contributed by atoms with E-state index in [9.17, 15) is 58.2 Å². The van der Waals surface area contributed by atoms with Gasteiger partial charge in [0.05, 0.1) is 52.2 Å². The normalized spacial score (nSPS) is 30.0. The molecule has 0 spiro atoms. The molecule has 0 radical (unpaired) electrons. The number of amides is 7. The Labute approximate surface area is 703 Å². The van der Waals surface area contributed by atoms with Crippen LogP contribution in [0.1, 0.15) is 171 Å². The third kappa shape index (κ3) is 25.8. The van der Waals surface area contributed by atoms with Crippen molar-refractivity contribution in [3.05, 3.63) is 104 Å². The van der Waals surface area contributed by atoms with Crippen LogP contribution < -0.4 is 25.8 Å². The van der Waals surface area contributed by atoms with Gasteiger partial charge in [-0.3, -0.25) is 39.4 Å². The van der Waals surface area contributed by atoms with Crippen molar-refractivity contribution in [1.29, 1.82) is 0 Å². The van der Waals surface area contributed by atoms with Crippen molar-refractivity contribution in [3.8, 4) is 0 Å². The number of alkyl carbamates (subject to hydrolysis) is 2. The molecule has 2 aromatic rings. The van der Waals surface area contributed by atoms with Crippen molar-refractivity contribution in [2.24, 2.45) is 23.7 Å². The van der Waals surface area contributed by atoms with Gasteiger partial charge in [-0.05, 0) is 114 Å². The summed E-state index contributed by atoms with van der Waals surface area (Å²) >= 11 is 17.1. The number of fused-ring (bicyclic) bond motifs is 10. The molecule has 0 aliphatic carbocycles. The van der Waals surface area contributed by atoms with E-state index < -0.39 is 119 Å². The Balaban J connectivity index is 0.000000393.